The van der Waals surface area contributed by atoms with E-state index in [2.05, 4.69) is 5.32 Å². The quantitative estimate of drug-likeness (QED) is 0.656. The van der Waals surface area contributed by atoms with E-state index in [1.54, 1.807) is 12.1 Å². The molecule has 112 valence electrons. The Morgan fingerprint density at radius 1 is 1.38 bits per heavy atom. The van der Waals surface area contributed by atoms with Crippen molar-refractivity contribution in [3.63, 3.8) is 0 Å². The molecule has 0 radical (unpaired) electrons. The van der Waals surface area contributed by atoms with E-state index in [-0.39, 0.29) is 37.1 Å². The lowest BCUT2D eigenvalue weighted by Gasteiger charge is -2.27. The number of nitrogens with two attached hydrogens (primary N) is 1. The van der Waals surface area contributed by atoms with E-state index in [1.165, 1.54) is 6.07 Å². The molecule has 1 aromatic rings. The molecule has 0 aliphatic carbocycles. The van der Waals surface area contributed by atoms with Gasteiger partial charge in [0.25, 0.3) is 0 Å². The lowest BCUT2D eigenvalue weighted by atomic mass is 9.98. The molecule has 1 aromatic carbocycles. The maximum Gasteiger partial charge on any atom is 0.244 e. The lowest BCUT2D eigenvalue weighted by molar-refractivity contribution is -0.151. The van der Waals surface area contributed by atoms with Crippen molar-refractivity contribution < 1.29 is 14.4 Å². The van der Waals surface area contributed by atoms with Gasteiger partial charge in [-0.1, -0.05) is 18.5 Å². The summed E-state index contributed by atoms with van der Waals surface area (Å²) in [6, 6.07) is 4.67. The van der Waals surface area contributed by atoms with Gasteiger partial charge in [-0.05, 0) is 24.1 Å². The molecular formula is C14H16ClN3O3. The van der Waals surface area contributed by atoms with Gasteiger partial charge in [0.05, 0.1) is 11.4 Å². The Morgan fingerprint density at radius 3 is 2.57 bits per heavy atom. The zero-order chi connectivity index (χ0) is 15.6. The summed E-state index contributed by atoms with van der Waals surface area (Å²) in [5.41, 5.74) is 6.45. The van der Waals surface area contributed by atoms with Crippen LogP contribution in [0.2, 0.25) is 5.02 Å². The van der Waals surface area contributed by atoms with E-state index in [1.807, 2.05) is 6.92 Å². The van der Waals surface area contributed by atoms with Gasteiger partial charge in [0.2, 0.25) is 17.7 Å². The minimum Gasteiger partial charge on any atom is -0.397 e. The SMILES string of the molecule is CC1CC(=O)N(CC(=O)Nc2ccc(Cl)cc2N)C(=O)C1. The second-order valence-corrected chi connectivity index (χ2v) is 5.60. The van der Waals surface area contributed by atoms with Crippen molar-refractivity contribution in [2.45, 2.75) is 19.8 Å². The molecule has 21 heavy (non-hydrogen) atoms. The highest BCUT2D eigenvalue weighted by Crippen LogP contribution is 2.23. The monoisotopic (exact) mass is 309 g/mol. The number of halogens is 1. The highest BCUT2D eigenvalue weighted by Gasteiger charge is 2.31. The summed E-state index contributed by atoms with van der Waals surface area (Å²) in [4.78, 5) is 36.5. The number of hydrogen-bond donors (Lipinski definition) is 2. The molecule has 1 saturated heterocycles. The second-order valence-electron chi connectivity index (χ2n) is 5.17. The summed E-state index contributed by atoms with van der Waals surface area (Å²) >= 11 is 5.77. The van der Waals surface area contributed by atoms with E-state index in [0.717, 1.165) is 4.90 Å². The van der Waals surface area contributed by atoms with E-state index >= 15 is 0 Å². The number of piperidine rings is 1. The van der Waals surface area contributed by atoms with Crippen LogP contribution in [0.25, 0.3) is 0 Å². The number of rotatable bonds is 3. The van der Waals surface area contributed by atoms with Gasteiger partial charge in [-0.2, -0.15) is 0 Å². The maximum atomic E-state index is 11.9. The Balaban J connectivity index is 2.01. The third-order valence-electron chi connectivity index (χ3n) is 3.24. The molecule has 0 atom stereocenters. The van der Waals surface area contributed by atoms with Crippen molar-refractivity contribution in [2.75, 3.05) is 17.6 Å². The Kier molecular flexibility index (Phi) is 4.47. The molecule has 0 unspecified atom stereocenters. The largest absolute Gasteiger partial charge is 0.397 e. The molecule has 1 heterocycles. The number of imide groups is 1. The summed E-state index contributed by atoms with van der Waals surface area (Å²) in [7, 11) is 0. The molecule has 1 fully saturated rings. The molecule has 0 aromatic heterocycles. The van der Waals surface area contributed by atoms with E-state index in [0.29, 0.717) is 16.4 Å². The first-order valence-electron chi connectivity index (χ1n) is 6.55. The van der Waals surface area contributed by atoms with Crippen LogP contribution < -0.4 is 11.1 Å². The van der Waals surface area contributed by atoms with Crippen molar-refractivity contribution in [2.24, 2.45) is 5.92 Å². The van der Waals surface area contributed by atoms with Crippen LogP contribution in [0.1, 0.15) is 19.8 Å². The van der Waals surface area contributed by atoms with E-state index in [9.17, 15) is 14.4 Å². The van der Waals surface area contributed by atoms with Gasteiger partial charge in [0.1, 0.15) is 6.54 Å². The topological polar surface area (TPSA) is 92.5 Å². The molecule has 2 rings (SSSR count). The minimum atomic E-state index is -0.472. The number of anilines is 2. The van der Waals surface area contributed by atoms with Gasteiger partial charge < -0.3 is 11.1 Å². The predicted molar refractivity (Wildman–Crippen MR) is 79.6 cm³/mol. The highest BCUT2D eigenvalue weighted by atomic mass is 35.5. The van der Waals surface area contributed by atoms with Crippen molar-refractivity contribution in [3.8, 4) is 0 Å². The van der Waals surface area contributed by atoms with Crippen LogP contribution in [-0.4, -0.2) is 29.2 Å². The third kappa shape index (κ3) is 3.72. The van der Waals surface area contributed by atoms with E-state index < -0.39 is 5.91 Å². The Labute approximate surface area is 127 Å². The average molecular weight is 310 g/mol. The van der Waals surface area contributed by atoms with Gasteiger partial charge in [-0.25, -0.2) is 0 Å². The smallest absolute Gasteiger partial charge is 0.244 e. The summed E-state index contributed by atoms with van der Waals surface area (Å²) in [5.74, 6) is -1.09. The Bertz CT molecular complexity index is 585. The molecular weight excluding hydrogens is 294 g/mol. The number of hydrogen-bond acceptors (Lipinski definition) is 4. The predicted octanol–water partition coefficient (Wildman–Crippen LogP) is 1.65. The number of amides is 3. The first-order valence-corrected chi connectivity index (χ1v) is 6.92. The van der Waals surface area contributed by atoms with Crippen LogP contribution >= 0.6 is 11.6 Å². The summed E-state index contributed by atoms with van der Waals surface area (Å²) in [5, 5.41) is 3.03. The summed E-state index contributed by atoms with van der Waals surface area (Å²) in [6.45, 7) is 1.54. The lowest BCUT2D eigenvalue weighted by Crippen LogP contribution is -2.46. The third-order valence-corrected chi connectivity index (χ3v) is 3.47. The van der Waals surface area contributed by atoms with Gasteiger partial charge >= 0.3 is 0 Å². The van der Waals surface area contributed by atoms with Gasteiger partial charge in [0.15, 0.2) is 0 Å². The molecule has 6 nitrogen and oxygen atoms in total. The zero-order valence-electron chi connectivity index (χ0n) is 11.6. The fourth-order valence-corrected chi connectivity index (χ4v) is 2.37. The molecule has 1 aliphatic rings. The van der Waals surface area contributed by atoms with Crippen LogP contribution in [0.4, 0.5) is 11.4 Å². The number of carbonyl (C=O) groups excluding carboxylic acids is 3. The molecule has 3 amide bonds. The minimum absolute atomic E-state index is 0.0243. The van der Waals surface area contributed by atoms with Crippen LogP contribution in [0.5, 0.6) is 0 Å². The number of nitrogen functional groups attached to an aromatic ring is 1. The highest BCUT2D eigenvalue weighted by molar-refractivity contribution is 6.31. The summed E-state index contributed by atoms with van der Waals surface area (Å²) in [6.07, 6.45) is 0.560. The van der Waals surface area contributed by atoms with Crippen molar-refractivity contribution >= 4 is 40.7 Å². The van der Waals surface area contributed by atoms with Crippen LogP contribution in [-0.2, 0) is 14.4 Å². The molecule has 0 bridgehead atoms. The maximum absolute atomic E-state index is 11.9. The van der Waals surface area contributed by atoms with Crippen LogP contribution in [0.15, 0.2) is 18.2 Å². The molecule has 7 heteroatoms. The van der Waals surface area contributed by atoms with Gasteiger partial charge in [-0.3, -0.25) is 19.3 Å². The fraction of sp³-hybridized carbons (Fsp3) is 0.357. The Morgan fingerprint density at radius 2 is 2.00 bits per heavy atom. The standard InChI is InChI=1S/C14H16ClN3O3/c1-8-4-13(20)18(14(21)5-8)7-12(19)17-11-3-2-9(15)6-10(11)16/h2-3,6,8H,4-5,7,16H2,1H3,(H,17,19). The van der Waals surface area contributed by atoms with Gasteiger partial charge in [-0.15, -0.1) is 0 Å². The normalized spacial score (nSPS) is 16.2. The van der Waals surface area contributed by atoms with E-state index in [4.69, 9.17) is 17.3 Å². The first-order chi connectivity index (χ1) is 9.86. The zero-order valence-corrected chi connectivity index (χ0v) is 12.3. The fourth-order valence-electron chi connectivity index (χ4n) is 2.18. The number of likely N-dealkylation sites (tertiary alicyclic amines) is 1. The number of nitrogens with one attached hydrogen (secondary N) is 1. The molecule has 0 saturated carbocycles. The number of carbonyl (C=O) groups is 3. The van der Waals surface area contributed by atoms with Gasteiger partial charge in [0, 0.05) is 17.9 Å². The van der Waals surface area contributed by atoms with Crippen molar-refractivity contribution in [3.05, 3.63) is 23.2 Å². The summed E-state index contributed by atoms with van der Waals surface area (Å²) < 4.78 is 0. The first kappa shape index (κ1) is 15.3. The number of nitrogens with zero attached hydrogens (tertiary/aromatic N) is 1. The second kappa shape index (κ2) is 6.13. The van der Waals surface area contributed by atoms with Crippen LogP contribution in [0.3, 0.4) is 0 Å². The molecule has 3 N–H and O–H groups in total. The average Bonchev–Trinajstić information content (AvgIpc) is 2.37. The van der Waals surface area contributed by atoms with Crippen LogP contribution in [0, 0.1) is 5.92 Å². The van der Waals surface area contributed by atoms with Crippen molar-refractivity contribution in [1.82, 2.24) is 4.90 Å². The van der Waals surface area contributed by atoms with Crippen molar-refractivity contribution in [1.29, 1.82) is 0 Å². The molecule has 1 aliphatic heterocycles. The Hall–Kier alpha value is -2.08. The number of benzene rings is 1. The molecule has 0 spiro atoms.